The first-order chi connectivity index (χ1) is 9.72. The normalized spacial score (nSPS) is 12.6. The van der Waals surface area contributed by atoms with Gasteiger partial charge in [0, 0.05) is 6.42 Å². The van der Waals surface area contributed by atoms with Gasteiger partial charge >= 0.3 is 12.1 Å². The van der Waals surface area contributed by atoms with Crippen molar-refractivity contribution in [3.8, 4) is 0 Å². The quantitative estimate of drug-likeness (QED) is 0.794. The van der Waals surface area contributed by atoms with Crippen LogP contribution in [0, 0.1) is 5.41 Å². The number of hydrogen-bond acceptors (Lipinski definition) is 5. The second kappa shape index (κ2) is 6.88. The first-order valence-corrected chi connectivity index (χ1v) is 6.42. The SMILES string of the molecule is CCC(CC)(Cc1nc(COCC(F)(F)F)no1)C(=O)O. The molecule has 6 nitrogen and oxygen atoms in total. The molecule has 0 bridgehead atoms. The summed E-state index contributed by atoms with van der Waals surface area (Å²) in [4.78, 5) is 15.2. The number of carboxylic acids is 1. The first-order valence-electron chi connectivity index (χ1n) is 6.42. The van der Waals surface area contributed by atoms with Crippen molar-refractivity contribution in [2.24, 2.45) is 5.41 Å². The van der Waals surface area contributed by atoms with Crippen LogP contribution in [-0.4, -0.2) is 34.0 Å². The summed E-state index contributed by atoms with van der Waals surface area (Å²) < 4.78 is 45.0. The zero-order chi connectivity index (χ0) is 16.1. The van der Waals surface area contributed by atoms with Crippen LogP contribution < -0.4 is 0 Å². The van der Waals surface area contributed by atoms with Crippen LogP contribution in [0.3, 0.4) is 0 Å². The van der Waals surface area contributed by atoms with E-state index in [1.807, 2.05) is 0 Å². The largest absolute Gasteiger partial charge is 0.481 e. The van der Waals surface area contributed by atoms with Crippen LogP contribution in [0.1, 0.15) is 38.4 Å². The van der Waals surface area contributed by atoms with Gasteiger partial charge in [-0.05, 0) is 12.8 Å². The Kier molecular flexibility index (Phi) is 5.70. The fraction of sp³-hybridized carbons (Fsp3) is 0.750. The molecule has 0 saturated carbocycles. The van der Waals surface area contributed by atoms with Crippen molar-refractivity contribution in [2.75, 3.05) is 6.61 Å². The van der Waals surface area contributed by atoms with Crippen LogP contribution in [0.2, 0.25) is 0 Å². The fourth-order valence-corrected chi connectivity index (χ4v) is 1.85. The summed E-state index contributed by atoms with van der Waals surface area (Å²) in [7, 11) is 0. The summed E-state index contributed by atoms with van der Waals surface area (Å²) in [5.74, 6) is -0.937. The first kappa shape index (κ1) is 17.4. The second-order valence-corrected chi connectivity index (χ2v) is 4.68. The summed E-state index contributed by atoms with van der Waals surface area (Å²) in [6.45, 7) is 1.63. The van der Waals surface area contributed by atoms with Crippen LogP contribution >= 0.6 is 0 Å². The fourth-order valence-electron chi connectivity index (χ4n) is 1.85. The van der Waals surface area contributed by atoms with Crippen LogP contribution in [-0.2, 0) is 22.6 Å². The number of hydrogen-bond donors (Lipinski definition) is 1. The number of ether oxygens (including phenoxy) is 1. The van der Waals surface area contributed by atoms with Crippen molar-refractivity contribution in [2.45, 2.75) is 45.9 Å². The lowest BCUT2D eigenvalue weighted by Gasteiger charge is -2.24. The highest BCUT2D eigenvalue weighted by atomic mass is 19.4. The van der Waals surface area contributed by atoms with E-state index >= 15 is 0 Å². The molecule has 21 heavy (non-hydrogen) atoms. The van der Waals surface area contributed by atoms with Crippen molar-refractivity contribution in [1.82, 2.24) is 10.1 Å². The number of halogens is 3. The monoisotopic (exact) mass is 310 g/mol. The lowest BCUT2D eigenvalue weighted by molar-refractivity contribution is -0.177. The van der Waals surface area contributed by atoms with E-state index in [4.69, 9.17) is 4.52 Å². The van der Waals surface area contributed by atoms with Gasteiger partial charge in [0.25, 0.3) is 0 Å². The highest BCUT2D eigenvalue weighted by Crippen LogP contribution is 2.30. The van der Waals surface area contributed by atoms with Crippen LogP contribution in [0.25, 0.3) is 0 Å². The summed E-state index contributed by atoms with van der Waals surface area (Å²) in [6, 6.07) is 0. The Bertz CT molecular complexity index is 469. The maximum Gasteiger partial charge on any atom is 0.411 e. The molecule has 9 heteroatoms. The number of aliphatic carboxylic acids is 1. The molecule has 1 heterocycles. The molecule has 1 aromatic rings. The summed E-state index contributed by atoms with van der Waals surface area (Å²) in [6.07, 6.45) is -3.64. The molecule has 0 radical (unpaired) electrons. The highest BCUT2D eigenvalue weighted by Gasteiger charge is 2.37. The lowest BCUT2D eigenvalue weighted by Crippen LogP contribution is -2.32. The number of aromatic nitrogens is 2. The van der Waals surface area contributed by atoms with E-state index in [9.17, 15) is 23.1 Å². The van der Waals surface area contributed by atoms with Crippen LogP contribution in [0.5, 0.6) is 0 Å². The van der Waals surface area contributed by atoms with Gasteiger partial charge in [-0.15, -0.1) is 0 Å². The number of alkyl halides is 3. The third-order valence-electron chi connectivity index (χ3n) is 3.30. The molecule has 1 aromatic heterocycles. The zero-order valence-corrected chi connectivity index (χ0v) is 11.7. The molecule has 0 aromatic carbocycles. The Balaban J connectivity index is 2.64. The maximum absolute atomic E-state index is 11.9. The molecule has 0 aliphatic heterocycles. The predicted octanol–water partition coefficient (Wildman–Crippen LogP) is 2.58. The van der Waals surface area contributed by atoms with Crippen LogP contribution in [0.15, 0.2) is 4.52 Å². The minimum atomic E-state index is -4.42. The molecule has 0 saturated heterocycles. The van der Waals surface area contributed by atoms with E-state index in [1.165, 1.54) is 0 Å². The molecular weight excluding hydrogens is 293 g/mol. The van der Waals surface area contributed by atoms with Crippen molar-refractivity contribution in [3.63, 3.8) is 0 Å². The smallest absolute Gasteiger partial charge is 0.411 e. The second-order valence-electron chi connectivity index (χ2n) is 4.68. The molecule has 120 valence electrons. The van der Waals surface area contributed by atoms with Gasteiger partial charge in [-0.3, -0.25) is 4.79 Å². The Morgan fingerprint density at radius 3 is 2.43 bits per heavy atom. The van der Waals surface area contributed by atoms with Crippen molar-refractivity contribution in [1.29, 1.82) is 0 Å². The average molecular weight is 310 g/mol. The maximum atomic E-state index is 11.9. The van der Waals surface area contributed by atoms with Gasteiger partial charge in [-0.1, -0.05) is 19.0 Å². The zero-order valence-electron chi connectivity index (χ0n) is 11.7. The van der Waals surface area contributed by atoms with Gasteiger partial charge in [0.2, 0.25) is 5.89 Å². The van der Waals surface area contributed by atoms with E-state index in [1.54, 1.807) is 13.8 Å². The van der Waals surface area contributed by atoms with Crippen molar-refractivity contribution < 1.29 is 32.3 Å². The van der Waals surface area contributed by atoms with Gasteiger partial charge in [-0.2, -0.15) is 18.2 Å². The summed E-state index contributed by atoms with van der Waals surface area (Å²) >= 11 is 0. The molecule has 1 N–H and O–H groups in total. The highest BCUT2D eigenvalue weighted by molar-refractivity contribution is 5.74. The molecule has 0 aliphatic carbocycles. The predicted molar refractivity (Wildman–Crippen MR) is 64.4 cm³/mol. The number of nitrogens with zero attached hydrogens (tertiary/aromatic N) is 2. The number of rotatable bonds is 8. The van der Waals surface area contributed by atoms with Gasteiger partial charge in [0.05, 0.1) is 5.41 Å². The topological polar surface area (TPSA) is 85.5 Å². The Hall–Kier alpha value is -1.64. The Morgan fingerprint density at radius 1 is 1.33 bits per heavy atom. The van der Waals surface area contributed by atoms with E-state index in [2.05, 4.69) is 14.9 Å². The third-order valence-corrected chi connectivity index (χ3v) is 3.30. The van der Waals surface area contributed by atoms with E-state index in [0.717, 1.165) is 0 Å². The molecule has 0 fully saturated rings. The standard InChI is InChI=1S/C12H17F3N2O4/c1-3-11(4-2,10(18)19)5-9-16-8(17-21-9)6-20-7-12(13,14)15/h3-7H2,1-2H3,(H,18,19). The molecule has 0 amide bonds. The average Bonchev–Trinajstić information content (AvgIpc) is 2.81. The van der Waals surface area contributed by atoms with E-state index in [-0.39, 0.29) is 18.1 Å². The van der Waals surface area contributed by atoms with Gasteiger partial charge in [0.15, 0.2) is 5.82 Å². The molecule has 0 atom stereocenters. The number of carboxylic acid groups (broad SMARTS) is 1. The molecular formula is C12H17F3N2O4. The third kappa shape index (κ3) is 5.00. The minimum absolute atomic E-state index is 0.0294. The van der Waals surface area contributed by atoms with Crippen molar-refractivity contribution in [3.05, 3.63) is 11.7 Å². The van der Waals surface area contributed by atoms with Gasteiger partial charge < -0.3 is 14.4 Å². The van der Waals surface area contributed by atoms with E-state index in [0.29, 0.717) is 12.8 Å². The Labute approximate surface area is 119 Å². The Morgan fingerprint density at radius 2 is 1.95 bits per heavy atom. The minimum Gasteiger partial charge on any atom is -0.481 e. The van der Waals surface area contributed by atoms with E-state index < -0.39 is 30.8 Å². The molecule has 1 rings (SSSR count). The van der Waals surface area contributed by atoms with Gasteiger partial charge in [-0.25, -0.2) is 0 Å². The summed E-state index contributed by atoms with van der Waals surface area (Å²) in [5, 5.41) is 12.8. The number of carbonyl (C=O) groups is 1. The lowest BCUT2D eigenvalue weighted by atomic mass is 9.79. The van der Waals surface area contributed by atoms with Crippen molar-refractivity contribution >= 4 is 5.97 Å². The molecule has 0 unspecified atom stereocenters. The molecule has 0 spiro atoms. The molecule has 0 aliphatic rings. The van der Waals surface area contributed by atoms with Gasteiger partial charge in [0.1, 0.15) is 13.2 Å². The van der Waals surface area contributed by atoms with Crippen LogP contribution in [0.4, 0.5) is 13.2 Å². The summed E-state index contributed by atoms with van der Waals surface area (Å²) in [5.41, 5.74) is -1.02.